The van der Waals surface area contributed by atoms with E-state index in [0.717, 1.165) is 42.9 Å². The van der Waals surface area contributed by atoms with E-state index < -0.39 is 10.1 Å². The lowest BCUT2D eigenvalue weighted by Gasteiger charge is -2.65. The summed E-state index contributed by atoms with van der Waals surface area (Å²) >= 11 is 0. The minimum atomic E-state index is -3.31. The van der Waals surface area contributed by atoms with Crippen LogP contribution in [0.5, 0.6) is 0 Å². The summed E-state index contributed by atoms with van der Waals surface area (Å²) in [5, 5.41) is 0. The van der Waals surface area contributed by atoms with Crippen molar-refractivity contribution in [2.75, 3.05) is 6.26 Å². The van der Waals surface area contributed by atoms with Gasteiger partial charge in [0.2, 0.25) is 0 Å². The van der Waals surface area contributed by atoms with Crippen molar-refractivity contribution >= 4 is 10.1 Å². The molecule has 0 saturated heterocycles. The predicted molar refractivity (Wildman–Crippen MR) is 79.7 cm³/mol. The standard InChI is InChI=1S/C16H28O3S/c1-10-11(2)15-14(10)6-5-12-9-13(19-20(4,17)18)7-8-16(12,15)3/h10-15H,5-9H2,1-4H3/t10?,11?,12?,13-,14?,15?,16-/m0/s1. The molecule has 116 valence electrons. The summed E-state index contributed by atoms with van der Waals surface area (Å²) in [5.74, 6) is 4.14. The SMILES string of the molecule is CC1C(C)C2C1CCC1C[C@@H](OS(C)(=O)=O)CC[C@@]12C. The van der Waals surface area contributed by atoms with Gasteiger partial charge in [0.15, 0.2) is 0 Å². The van der Waals surface area contributed by atoms with Crippen LogP contribution < -0.4 is 0 Å². The molecule has 3 nitrogen and oxygen atoms in total. The molecule has 3 saturated carbocycles. The van der Waals surface area contributed by atoms with E-state index in [1.54, 1.807) is 0 Å². The summed E-state index contributed by atoms with van der Waals surface area (Å²) in [6, 6.07) is 0. The Morgan fingerprint density at radius 2 is 1.80 bits per heavy atom. The van der Waals surface area contributed by atoms with Gasteiger partial charge in [0, 0.05) is 0 Å². The van der Waals surface area contributed by atoms with Crippen LogP contribution in [0.2, 0.25) is 0 Å². The second kappa shape index (κ2) is 4.70. The van der Waals surface area contributed by atoms with Crippen molar-refractivity contribution in [1.82, 2.24) is 0 Å². The minimum absolute atomic E-state index is 0.0765. The maximum atomic E-state index is 11.3. The quantitative estimate of drug-likeness (QED) is 0.734. The van der Waals surface area contributed by atoms with Crippen LogP contribution in [0.25, 0.3) is 0 Å². The van der Waals surface area contributed by atoms with Crippen molar-refractivity contribution in [2.24, 2.45) is 35.0 Å². The van der Waals surface area contributed by atoms with E-state index in [4.69, 9.17) is 4.18 Å². The topological polar surface area (TPSA) is 43.4 Å². The van der Waals surface area contributed by atoms with Crippen molar-refractivity contribution in [1.29, 1.82) is 0 Å². The molecule has 0 radical (unpaired) electrons. The smallest absolute Gasteiger partial charge is 0.264 e. The highest BCUT2D eigenvalue weighted by Crippen LogP contribution is 2.66. The van der Waals surface area contributed by atoms with E-state index in [1.807, 2.05) is 0 Å². The van der Waals surface area contributed by atoms with Gasteiger partial charge in [0.05, 0.1) is 12.4 Å². The van der Waals surface area contributed by atoms with E-state index in [-0.39, 0.29) is 6.10 Å². The van der Waals surface area contributed by atoms with Gasteiger partial charge in [-0.3, -0.25) is 4.18 Å². The van der Waals surface area contributed by atoms with Crippen molar-refractivity contribution in [3.05, 3.63) is 0 Å². The third-order valence-electron chi connectivity index (χ3n) is 6.94. The van der Waals surface area contributed by atoms with Crippen molar-refractivity contribution in [3.8, 4) is 0 Å². The van der Waals surface area contributed by atoms with Crippen LogP contribution in [-0.4, -0.2) is 20.8 Å². The minimum Gasteiger partial charge on any atom is -0.267 e. The highest BCUT2D eigenvalue weighted by atomic mass is 32.2. The number of rotatable bonds is 2. The molecule has 20 heavy (non-hydrogen) atoms. The van der Waals surface area contributed by atoms with E-state index >= 15 is 0 Å². The molecule has 0 aromatic heterocycles. The number of hydrogen-bond acceptors (Lipinski definition) is 3. The fraction of sp³-hybridized carbons (Fsp3) is 1.00. The van der Waals surface area contributed by atoms with Gasteiger partial charge < -0.3 is 0 Å². The molecule has 0 spiro atoms. The predicted octanol–water partition coefficient (Wildman–Crippen LogP) is 3.45. The average Bonchev–Trinajstić information content (AvgIpc) is 2.35. The van der Waals surface area contributed by atoms with Gasteiger partial charge >= 0.3 is 0 Å². The lowest BCUT2D eigenvalue weighted by Crippen LogP contribution is -2.59. The van der Waals surface area contributed by atoms with Gasteiger partial charge in [-0.15, -0.1) is 0 Å². The van der Waals surface area contributed by atoms with Crippen LogP contribution >= 0.6 is 0 Å². The zero-order valence-corrected chi connectivity index (χ0v) is 13.9. The molecule has 3 fully saturated rings. The molecule has 3 aliphatic carbocycles. The molecule has 0 heterocycles. The molecule has 0 bridgehead atoms. The molecule has 7 atom stereocenters. The van der Waals surface area contributed by atoms with Gasteiger partial charge in [-0.2, -0.15) is 8.42 Å². The maximum Gasteiger partial charge on any atom is 0.264 e. The largest absolute Gasteiger partial charge is 0.267 e. The summed E-state index contributed by atoms with van der Waals surface area (Å²) < 4.78 is 28.0. The van der Waals surface area contributed by atoms with Crippen LogP contribution in [0.3, 0.4) is 0 Å². The lowest BCUT2D eigenvalue weighted by molar-refractivity contribution is -0.169. The molecule has 3 rings (SSSR count). The number of hydrogen-bond donors (Lipinski definition) is 0. The molecule has 0 aromatic rings. The summed E-state index contributed by atoms with van der Waals surface area (Å²) in [4.78, 5) is 0. The first-order valence-electron chi connectivity index (χ1n) is 8.10. The first-order valence-corrected chi connectivity index (χ1v) is 9.92. The van der Waals surface area contributed by atoms with Crippen molar-refractivity contribution < 1.29 is 12.6 Å². The van der Waals surface area contributed by atoms with E-state index in [2.05, 4.69) is 20.8 Å². The Morgan fingerprint density at radius 1 is 1.10 bits per heavy atom. The number of fused-ring (bicyclic) bond motifs is 3. The third-order valence-corrected chi connectivity index (χ3v) is 7.56. The van der Waals surface area contributed by atoms with Crippen LogP contribution in [0, 0.1) is 35.0 Å². The molecule has 5 unspecified atom stereocenters. The average molecular weight is 300 g/mol. The van der Waals surface area contributed by atoms with Crippen LogP contribution in [0.1, 0.15) is 52.9 Å². The third kappa shape index (κ3) is 2.23. The van der Waals surface area contributed by atoms with Crippen LogP contribution in [0.15, 0.2) is 0 Å². The fourth-order valence-corrected chi connectivity index (χ4v) is 6.48. The van der Waals surface area contributed by atoms with Gasteiger partial charge in [-0.05, 0) is 67.1 Å². The summed E-state index contributed by atoms with van der Waals surface area (Å²) in [6.45, 7) is 7.29. The first-order chi connectivity index (χ1) is 9.22. The molecule has 0 N–H and O–H groups in total. The monoisotopic (exact) mass is 300 g/mol. The Balaban J connectivity index is 1.74. The van der Waals surface area contributed by atoms with Crippen LogP contribution in [0.4, 0.5) is 0 Å². The Labute approximate surface area is 123 Å². The van der Waals surface area contributed by atoms with Gasteiger partial charge in [-0.25, -0.2) is 0 Å². The molecule has 0 aromatic carbocycles. The van der Waals surface area contributed by atoms with E-state index in [1.165, 1.54) is 19.1 Å². The van der Waals surface area contributed by atoms with E-state index in [0.29, 0.717) is 11.3 Å². The van der Waals surface area contributed by atoms with Gasteiger partial charge in [0.25, 0.3) is 10.1 Å². The zero-order valence-electron chi connectivity index (χ0n) is 13.1. The highest BCUT2D eigenvalue weighted by Gasteiger charge is 2.59. The van der Waals surface area contributed by atoms with Gasteiger partial charge in [0.1, 0.15) is 0 Å². The Hall–Kier alpha value is -0.0900. The molecular weight excluding hydrogens is 272 g/mol. The Morgan fingerprint density at radius 3 is 2.45 bits per heavy atom. The molecule has 4 heteroatoms. The molecular formula is C16H28O3S. The van der Waals surface area contributed by atoms with Gasteiger partial charge in [-0.1, -0.05) is 20.8 Å². The Kier molecular flexibility index (Phi) is 3.49. The Bertz CT molecular complexity index is 486. The fourth-order valence-electron chi connectivity index (χ4n) is 5.82. The summed E-state index contributed by atoms with van der Waals surface area (Å²) in [5.41, 5.74) is 0.423. The van der Waals surface area contributed by atoms with Crippen LogP contribution in [-0.2, 0) is 14.3 Å². The molecule has 3 aliphatic rings. The van der Waals surface area contributed by atoms with E-state index in [9.17, 15) is 8.42 Å². The normalized spacial score (nSPS) is 51.8. The second-order valence-electron chi connectivity index (χ2n) is 7.88. The van der Waals surface area contributed by atoms with Crippen molar-refractivity contribution in [2.45, 2.75) is 59.0 Å². The van der Waals surface area contributed by atoms with Crippen molar-refractivity contribution in [3.63, 3.8) is 0 Å². The maximum absolute atomic E-state index is 11.3. The lowest BCUT2D eigenvalue weighted by atomic mass is 9.40. The summed E-state index contributed by atoms with van der Waals surface area (Å²) in [6.07, 6.45) is 6.68. The summed E-state index contributed by atoms with van der Waals surface area (Å²) in [7, 11) is -3.31. The zero-order chi connectivity index (χ0) is 14.7. The second-order valence-corrected chi connectivity index (χ2v) is 9.49. The highest BCUT2D eigenvalue weighted by molar-refractivity contribution is 7.86. The molecule has 0 aliphatic heterocycles. The molecule has 0 amide bonds. The first kappa shape index (κ1) is 14.8.